The minimum absolute atomic E-state index is 0.670. The molecule has 2 aromatic rings. The minimum atomic E-state index is 0.670. The molecular formula is C24H31NO3S. The molecule has 4 nitrogen and oxygen atoms in total. The molecule has 0 bridgehead atoms. The van der Waals surface area contributed by atoms with Gasteiger partial charge in [-0.25, -0.2) is 0 Å². The molecule has 0 N–H and O–H groups in total. The molecule has 1 saturated heterocycles. The van der Waals surface area contributed by atoms with Crippen LogP contribution >= 0.6 is 11.8 Å². The minimum Gasteiger partial charge on any atom is -0.493 e. The van der Waals surface area contributed by atoms with Crippen molar-refractivity contribution in [2.45, 2.75) is 24.6 Å². The number of likely N-dealkylation sites (tertiary alicyclic amines) is 1. The SMILES string of the molecule is COc1ccc(CN2CCC(SCC=Cc3ccccc3)CC2)c(OC)c1OC. The van der Waals surface area contributed by atoms with Crippen LogP contribution in [0.2, 0.25) is 0 Å². The summed E-state index contributed by atoms with van der Waals surface area (Å²) in [5.74, 6) is 3.22. The Morgan fingerprint density at radius 2 is 1.66 bits per heavy atom. The van der Waals surface area contributed by atoms with Crippen LogP contribution in [0, 0.1) is 0 Å². The van der Waals surface area contributed by atoms with Gasteiger partial charge >= 0.3 is 0 Å². The predicted octanol–water partition coefficient (Wildman–Crippen LogP) is 5.12. The second-order valence-corrected chi connectivity index (χ2v) is 8.45. The molecule has 156 valence electrons. The van der Waals surface area contributed by atoms with E-state index in [1.807, 2.05) is 6.07 Å². The third-order valence-corrected chi connectivity index (χ3v) is 6.58. The largest absolute Gasteiger partial charge is 0.493 e. The summed E-state index contributed by atoms with van der Waals surface area (Å²) in [5, 5.41) is 0.735. The van der Waals surface area contributed by atoms with Crippen LogP contribution in [-0.2, 0) is 6.54 Å². The monoisotopic (exact) mass is 413 g/mol. The van der Waals surface area contributed by atoms with Crippen molar-refractivity contribution in [1.82, 2.24) is 4.90 Å². The maximum Gasteiger partial charge on any atom is 0.203 e. The molecule has 1 aliphatic rings. The summed E-state index contributed by atoms with van der Waals surface area (Å²) in [7, 11) is 4.99. The lowest BCUT2D eigenvalue weighted by Gasteiger charge is -2.32. The van der Waals surface area contributed by atoms with Crippen molar-refractivity contribution in [3.05, 3.63) is 59.7 Å². The topological polar surface area (TPSA) is 30.9 Å². The van der Waals surface area contributed by atoms with E-state index in [4.69, 9.17) is 14.2 Å². The fraction of sp³-hybridized carbons (Fsp3) is 0.417. The molecule has 1 heterocycles. The van der Waals surface area contributed by atoms with E-state index < -0.39 is 0 Å². The fourth-order valence-corrected chi connectivity index (χ4v) is 4.73. The van der Waals surface area contributed by atoms with E-state index in [1.54, 1.807) is 21.3 Å². The Hall–Kier alpha value is -2.11. The molecule has 1 aliphatic heterocycles. The highest BCUT2D eigenvalue weighted by molar-refractivity contribution is 8.00. The fourth-order valence-electron chi connectivity index (χ4n) is 3.70. The Kier molecular flexibility index (Phi) is 8.32. The lowest BCUT2D eigenvalue weighted by molar-refractivity contribution is 0.220. The molecule has 3 rings (SSSR count). The van der Waals surface area contributed by atoms with Crippen molar-refractivity contribution in [3.63, 3.8) is 0 Å². The van der Waals surface area contributed by atoms with Crippen LogP contribution in [0.5, 0.6) is 17.2 Å². The molecule has 1 fully saturated rings. The standard InChI is InChI=1S/C24H31NO3S/c1-26-22-12-11-20(23(27-2)24(22)28-3)18-25-15-13-21(14-16-25)29-17-7-10-19-8-5-4-6-9-19/h4-12,21H,13-18H2,1-3H3. The number of hydrogen-bond donors (Lipinski definition) is 0. The number of nitrogens with zero attached hydrogens (tertiary/aromatic N) is 1. The summed E-state index contributed by atoms with van der Waals surface area (Å²) in [4.78, 5) is 2.50. The van der Waals surface area contributed by atoms with Crippen LogP contribution in [0.4, 0.5) is 0 Å². The Morgan fingerprint density at radius 3 is 2.31 bits per heavy atom. The second-order valence-electron chi connectivity index (χ2n) is 7.12. The van der Waals surface area contributed by atoms with Gasteiger partial charge in [-0.3, -0.25) is 4.90 Å². The maximum absolute atomic E-state index is 5.63. The first-order valence-corrected chi connectivity index (χ1v) is 11.1. The third-order valence-electron chi connectivity index (χ3n) is 5.25. The number of benzene rings is 2. The van der Waals surface area contributed by atoms with E-state index in [9.17, 15) is 0 Å². The molecule has 0 spiro atoms. The van der Waals surface area contributed by atoms with Gasteiger partial charge in [0.2, 0.25) is 5.75 Å². The maximum atomic E-state index is 5.63. The molecule has 0 unspecified atom stereocenters. The normalized spacial score (nSPS) is 15.6. The lowest BCUT2D eigenvalue weighted by atomic mass is 10.1. The molecule has 5 heteroatoms. The zero-order chi connectivity index (χ0) is 20.5. The van der Waals surface area contributed by atoms with E-state index in [0.29, 0.717) is 11.5 Å². The van der Waals surface area contributed by atoms with Gasteiger partial charge in [0.15, 0.2) is 11.5 Å². The van der Waals surface area contributed by atoms with Crippen LogP contribution in [0.25, 0.3) is 6.08 Å². The highest BCUT2D eigenvalue weighted by Gasteiger charge is 2.22. The Morgan fingerprint density at radius 1 is 0.931 bits per heavy atom. The van der Waals surface area contributed by atoms with E-state index in [-0.39, 0.29) is 0 Å². The van der Waals surface area contributed by atoms with Crippen molar-refractivity contribution in [1.29, 1.82) is 0 Å². The molecular weight excluding hydrogens is 382 g/mol. The van der Waals surface area contributed by atoms with E-state index in [2.05, 4.69) is 65.2 Å². The van der Waals surface area contributed by atoms with E-state index in [0.717, 1.165) is 42.0 Å². The molecule has 29 heavy (non-hydrogen) atoms. The summed E-state index contributed by atoms with van der Waals surface area (Å²) in [5.41, 5.74) is 2.41. The zero-order valence-corrected chi connectivity index (χ0v) is 18.4. The summed E-state index contributed by atoms with van der Waals surface area (Å²) in [6.07, 6.45) is 6.94. The smallest absolute Gasteiger partial charge is 0.203 e. The van der Waals surface area contributed by atoms with Crippen molar-refractivity contribution < 1.29 is 14.2 Å². The summed E-state index contributed by atoms with van der Waals surface area (Å²) in [6, 6.07) is 14.5. The molecule has 0 amide bonds. The number of hydrogen-bond acceptors (Lipinski definition) is 5. The molecule has 0 saturated carbocycles. The first-order chi connectivity index (χ1) is 14.2. The average molecular weight is 414 g/mol. The highest BCUT2D eigenvalue weighted by Crippen LogP contribution is 2.40. The quantitative estimate of drug-likeness (QED) is 0.569. The van der Waals surface area contributed by atoms with Gasteiger partial charge in [-0.2, -0.15) is 11.8 Å². The van der Waals surface area contributed by atoms with Crippen LogP contribution in [-0.4, -0.2) is 50.3 Å². The van der Waals surface area contributed by atoms with Gasteiger partial charge in [-0.1, -0.05) is 48.6 Å². The van der Waals surface area contributed by atoms with Gasteiger partial charge in [-0.05, 0) is 37.6 Å². The summed E-state index contributed by atoms with van der Waals surface area (Å²) >= 11 is 2.07. The van der Waals surface area contributed by atoms with Gasteiger partial charge in [0.05, 0.1) is 21.3 Å². The van der Waals surface area contributed by atoms with Gasteiger partial charge in [0.1, 0.15) is 0 Å². The number of ether oxygens (including phenoxy) is 3. The Balaban J connectivity index is 1.48. The first kappa shape index (κ1) is 21.6. The van der Waals surface area contributed by atoms with E-state index in [1.165, 1.54) is 18.4 Å². The van der Waals surface area contributed by atoms with Crippen molar-refractivity contribution >= 4 is 17.8 Å². The van der Waals surface area contributed by atoms with Gasteiger partial charge in [0, 0.05) is 23.1 Å². The summed E-state index contributed by atoms with van der Waals surface area (Å²) < 4.78 is 16.5. The third kappa shape index (κ3) is 5.94. The van der Waals surface area contributed by atoms with Gasteiger partial charge in [0.25, 0.3) is 0 Å². The molecule has 2 aromatic carbocycles. The Labute approximate surface area is 178 Å². The second kappa shape index (κ2) is 11.2. The van der Waals surface area contributed by atoms with Crippen LogP contribution in [0.15, 0.2) is 48.5 Å². The molecule has 0 aromatic heterocycles. The number of thioether (sulfide) groups is 1. The Bertz CT molecular complexity index is 786. The molecule has 0 aliphatic carbocycles. The van der Waals surface area contributed by atoms with Crippen molar-refractivity contribution in [2.24, 2.45) is 0 Å². The predicted molar refractivity (Wildman–Crippen MR) is 122 cm³/mol. The summed E-state index contributed by atoms with van der Waals surface area (Å²) in [6.45, 7) is 3.09. The van der Waals surface area contributed by atoms with Crippen molar-refractivity contribution in [2.75, 3.05) is 40.2 Å². The average Bonchev–Trinajstić information content (AvgIpc) is 2.78. The number of rotatable bonds is 9. The van der Waals surface area contributed by atoms with Crippen LogP contribution in [0.1, 0.15) is 24.0 Å². The number of methoxy groups -OCH3 is 3. The lowest BCUT2D eigenvalue weighted by Crippen LogP contribution is -2.34. The van der Waals surface area contributed by atoms with Gasteiger partial charge < -0.3 is 14.2 Å². The molecule has 0 radical (unpaired) electrons. The van der Waals surface area contributed by atoms with Crippen LogP contribution in [0.3, 0.4) is 0 Å². The molecule has 0 atom stereocenters. The van der Waals surface area contributed by atoms with E-state index >= 15 is 0 Å². The van der Waals surface area contributed by atoms with Crippen molar-refractivity contribution in [3.8, 4) is 17.2 Å². The first-order valence-electron chi connectivity index (χ1n) is 10.1. The van der Waals surface area contributed by atoms with Gasteiger partial charge in [-0.15, -0.1) is 0 Å². The highest BCUT2D eigenvalue weighted by atomic mass is 32.2. The number of piperidine rings is 1. The zero-order valence-electron chi connectivity index (χ0n) is 17.6. The van der Waals surface area contributed by atoms with Crippen LogP contribution < -0.4 is 14.2 Å².